The van der Waals surface area contributed by atoms with E-state index in [2.05, 4.69) is 193 Å². The first-order chi connectivity index (χ1) is 23.8. The number of hydrogen-bond donors (Lipinski definition) is 0. The highest BCUT2D eigenvalue weighted by Crippen LogP contribution is 2.48. The van der Waals surface area contributed by atoms with Crippen LogP contribution in [0.2, 0.25) is 0 Å². The second kappa shape index (κ2) is 12.0. The van der Waals surface area contributed by atoms with Gasteiger partial charge in [0.2, 0.25) is 0 Å². The van der Waals surface area contributed by atoms with Gasteiger partial charge in [-0.15, -0.1) is 11.3 Å². The Hall–Kier alpha value is -5.96. The predicted octanol–water partition coefficient (Wildman–Crippen LogP) is 13.7. The third-order valence-electron chi connectivity index (χ3n) is 9.27. The molecule has 0 aliphatic heterocycles. The van der Waals surface area contributed by atoms with Crippen molar-refractivity contribution in [1.29, 1.82) is 0 Å². The number of fused-ring (bicyclic) bond motifs is 4. The Balaban J connectivity index is 1.21. The minimum absolute atomic E-state index is 1.12. The molecule has 0 fully saturated rings. The molecule has 9 rings (SSSR count). The Morgan fingerprint density at radius 3 is 1.62 bits per heavy atom. The average molecular weight is 630 g/mol. The summed E-state index contributed by atoms with van der Waals surface area (Å²) in [6.45, 7) is 0. The van der Waals surface area contributed by atoms with Crippen LogP contribution in [0.3, 0.4) is 0 Å². The minimum atomic E-state index is 1.12. The first-order valence-electron chi connectivity index (χ1n) is 16.3. The van der Waals surface area contributed by atoms with Gasteiger partial charge in [-0.25, -0.2) is 0 Å². The maximum absolute atomic E-state index is 2.41. The first kappa shape index (κ1) is 28.3. The van der Waals surface area contributed by atoms with Gasteiger partial charge < -0.3 is 4.90 Å². The van der Waals surface area contributed by atoms with Crippen LogP contribution in [-0.2, 0) is 0 Å². The molecule has 0 N–H and O–H groups in total. The second-order valence-corrected chi connectivity index (χ2v) is 13.2. The van der Waals surface area contributed by atoms with E-state index in [1.807, 2.05) is 11.3 Å². The molecule has 0 amide bonds. The van der Waals surface area contributed by atoms with Crippen molar-refractivity contribution in [2.75, 3.05) is 4.90 Å². The molecule has 1 aromatic heterocycles. The summed E-state index contributed by atoms with van der Waals surface area (Å²) in [5, 5.41) is 5.09. The molecule has 8 aromatic carbocycles. The summed E-state index contributed by atoms with van der Waals surface area (Å²) in [5.41, 5.74) is 10.7. The molecule has 0 bridgehead atoms. The van der Waals surface area contributed by atoms with Crippen molar-refractivity contribution in [2.24, 2.45) is 0 Å². The van der Waals surface area contributed by atoms with Gasteiger partial charge in [-0.05, 0) is 81.1 Å². The smallest absolute Gasteiger partial charge is 0.0554 e. The Labute approximate surface area is 284 Å². The fourth-order valence-corrected chi connectivity index (χ4v) is 8.15. The Bertz CT molecular complexity index is 2530. The summed E-state index contributed by atoms with van der Waals surface area (Å²) in [5.74, 6) is 0. The van der Waals surface area contributed by atoms with Crippen molar-refractivity contribution in [3.63, 3.8) is 0 Å². The summed E-state index contributed by atoms with van der Waals surface area (Å²) in [6, 6.07) is 68.1. The highest BCUT2D eigenvalue weighted by Gasteiger charge is 2.22. The van der Waals surface area contributed by atoms with E-state index in [0.717, 1.165) is 17.1 Å². The maximum atomic E-state index is 2.41. The zero-order valence-corrected chi connectivity index (χ0v) is 27.1. The summed E-state index contributed by atoms with van der Waals surface area (Å²) < 4.78 is 2.61. The van der Waals surface area contributed by atoms with Crippen molar-refractivity contribution in [1.82, 2.24) is 0 Å². The van der Waals surface area contributed by atoms with E-state index in [4.69, 9.17) is 0 Å². The largest absolute Gasteiger partial charge is 0.310 e. The summed E-state index contributed by atoms with van der Waals surface area (Å²) >= 11 is 1.88. The standard InChI is InChI=1S/C46H31NS/c1-3-11-32(12-4-1)34-19-21-35(22-20-34)36-25-27-40(28-26-36)47(39-15-5-2-6-16-39)43-30-29-42-41-17-9-10-18-44(41)48-46(42)45(43)38-24-23-33-13-7-8-14-37(33)31-38/h1-31H. The van der Waals surface area contributed by atoms with E-state index >= 15 is 0 Å². The van der Waals surface area contributed by atoms with Crippen LogP contribution in [-0.4, -0.2) is 0 Å². The third-order valence-corrected chi connectivity index (χ3v) is 10.5. The lowest BCUT2D eigenvalue weighted by atomic mass is 9.96. The fourth-order valence-electron chi connectivity index (χ4n) is 6.88. The van der Waals surface area contributed by atoms with E-state index in [-0.39, 0.29) is 0 Å². The number of nitrogens with zero attached hydrogens (tertiary/aromatic N) is 1. The highest BCUT2D eigenvalue weighted by atomic mass is 32.1. The van der Waals surface area contributed by atoms with E-state index in [1.54, 1.807) is 0 Å². The van der Waals surface area contributed by atoms with Crippen LogP contribution < -0.4 is 4.90 Å². The summed E-state index contributed by atoms with van der Waals surface area (Å²) in [4.78, 5) is 2.41. The molecule has 0 spiro atoms. The Kier molecular flexibility index (Phi) is 7.07. The van der Waals surface area contributed by atoms with Crippen LogP contribution in [0.15, 0.2) is 188 Å². The molecule has 0 aliphatic carbocycles. The molecule has 48 heavy (non-hydrogen) atoms. The molecule has 0 atom stereocenters. The number of anilines is 3. The number of benzene rings is 8. The van der Waals surface area contributed by atoms with Crippen LogP contribution in [0.1, 0.15) is 0 Å². The summed E-state index contributed by atoms with van der Waals surface area (Å²) in [7, 11) is 0. The van der Waals surface area contributed by atoms with Crippen molar-refractivity contribution in [3.8, 4) is 33.4 Å². The lowest BCUT2D eigenvalue weighted by Crippen LogP contribution is -2.11. The number of hydrogen-bond acceptors (Lipinski definition) is 2. The highest BCUT2D eigenvalue weighted by molar-refractivity contribution is 7.26. The fraction of sp³-hybridized carbons (Fsp3) is 0. The molecule has 0 radical (unpaired) electrons. The lowest BCUT2D eigenvalue weighted by Gasteiger charge is -2.28. The lowest BCUT2D eigenvalue weighted by molar-refractivity contribution is 1.29. The first-order valence-corrected chi connectivity index (χ1v) is 17.2. The third kappa shape index (κ3) is 5.04. The van der Waals surface area contributed by atoms with E-state index in [1.165, 1.54) is 64.3 Å². The van der Waals surface area contributed by atoms with Crippen molar-refractivity contribution in [2.45, 2.75) is 0 Å². The van der Waals surface area contributed by atoms with Gasteiger partial charge in [-0.1, -0.05) is 146 Å². The van der Waals surface area contributed by atoms with Crippen LogP contribution in [0.4, 0.5) is 17.1 Å². The van der Waals surface area contributed by atoms with Crippen LogP contribution >= 0.6 is 11.3 Å². The normalized spacial score (nSPS) is 11.3. The molecule has 1 heterocycles. The second-order valence-electron chi connectivity index (χ2n) is 12.2. The minimum Gasteiger partial charge on any atom is -0.310 e. The van der Waals surface area contributed by atoms with Crippen LogP contribution in [0.25, 0.3) is 64.3 Å². The molecule has 0 saturated heterocycles. The predicted molar refractivity (Wildman–Crippen MR) is 208 cm³/mol. The van der Waals surface area contributed by atoms with Crippen LogP contribution in [0, 0.1) is 0 Å². The van der Waals surface area contributed by atoms with Crippen molar-refractivity contribution < 1.29 is 0 Å². The van der Waals surface area contributed by atoms with E-state index in [9.17, 15) is 0 Å². The molecule has 226 valence electrons. The topological polar surface area (TPSA) is 3.24 Å². The van der Waals surface area contributed by atoms with Crippen molar-refractivity contribution >= 4 is 59.3 Å². The average Bonchev–Trinajstić information content (AvgIpc) is 3.55. The number of para-hydroxylation sites is 1. The van der Waals surface area contributed by atoms with Gasteiger partial charge in [0.05, 0.1) is 5.69 Å². The van der Waals surface area contributed by atoms with Gasteiger partial charge in [0.15, 0.2) is 0 Å². The maximum Gasteiger partial charge on any atom is 0.0554 e. The van der Waals surface area contributed by atoms with E-state index < -0.39 is 0 Å². The zero-order chi connectivity index (χ0) is 31.9. The molecular weight excluding hydrogens is 599 g/mol. The quantitative estimate of drug-likeness (QED) is 0.177. The van der Waals surface area contributed by atoms with Crippen LogP contribution in [0.5, 0.6) is 0 Å². The molecular formula is C46H31NS. The molecule has 0 aliphatic rings. The molecule has 2 heteroatoms. The zero-order valence-electron chi connectivity index (χ0n) is 26.3. The van der Waals surface area contributed by atoms with Crippen molar-refractivity contribution in [3.05, 3.63) is 188 Å². The molecule has 1 nitrogen and oxygen atoms in total. The van der Waals surface area contributed by atoms with Gasteiger partial charge in [0, 0.05) is 37.1 Å². The Morgan fingerprint density at radius 2 is 0.896 bits per heavy atom. The van der Waals surface area contributed by atoms with Gasteiger partial charge in [-0.2, -0.15) is 0 Å². The van der Waals surface area contributed by atoms with Gasteiger partial charge in [0.1, 0.15) is 0 Å². The van der Waals surface area contributed by atoms with E-state index in [0.29, 0.717) is 0 Å². The molecule has 9 aromatic rings. The van der Waals surface area contributed by atoms with Gasteiger partial charge >= 0.3 is 0 Å². The van der Waals surface area contributed by atoms with Gasteiger partial charge in [-0.3, -0.25) is 0 Å². The number of rotatable bonds is 6. The van der Waals surface area contributed by atoms with Gasteiger partial charge in [0.25, 0.3) is 0 Å². The SMILES string of the molecule is c1ccc(-c2ccc(-c3ccc(N(c4ccccc4)c4ccc5c(sc6ccccc65)c4-c4ccc5ccccc5c4)cc3)cc2)cc1. The summed E-state index contributed by atoms with van der Waals surface area (Å²) in [6.07, 6.45) is 0. The monoisotopic (exact) mass is 629 g/mol. The number of thiophene rings is 1. The molecule has 0 unspecified atom stereocenters. The Morgan fingerprint density at radius 1 is 0.354 bits per heavy atom. The molecule has 0 saturated carbocycles.